The summed E-state index contributed by atoms with van der Waals surface area (Å²) in [6, 6.07) is -4.07. The molecule has 2 amide bonds. The lowest BCUT2D eigenvalue weighted by Crippen LogP contribution is -2.67. The first kappa shape index (κ1) is 110. The van der Waals surface area contributed by atoms with Gasteiger partial charge in [-0.1, -0.05) is 311 Å². The first-order valence-electron chi connectivity index (χ1n) is 45.5. The van der Waals surface area contributed by atoms with E-state index < -0.39 is 174 Å². The molecule has 12 N–H and O–H groups in total. The first-order chi connectivity index (χ1) is 55.4. The van der Waals surface area contributed by atoms with Crippen molar-refractivity contribution in [3.05, 3.63) is 0 Å². The highest BCUT2D eigenvalue weighted by atomic mass is 31.2. The zero-order valence-electron chi connectivity index (χ0n) is 72.7. The van der Waals surface area contributed by atoms with Crippen LogP contribution in [0.5, 0.6) is 0 Å². The van der Waals surface area contributed by atoms with E-state index in [1.54, 1.807) is 0 Å². The predicted molar refractivity (Wildman–Crippen MR) is 443 cm³/mol. The normalized spacial score (nSPS) is 20.5. The van der Waals surface area contributed by atoms with E-state index in [4.69, 9.17) is 42.4 Å². The van der Waals surface area contributed by atoms with Crippen molar-refractivity contribution in [1.82, 2.24) is 16.8 Å². The molecule has 1 unspecified atom stereocenters. The minimum absolute atomic E-state index is 0. The lowest BCUT2D eigenvalue weighted by molar-refractivity contribution is -0.320. The van der Waals surface area contributed by atoms with Crippen LogP contribution in [0.2, 0.25) is 0 Å². The highest BCUT2D eigenvalue weighted by Crippen LogP contribution is 2.43. The highest BCUT2D eigenvalue weighted by Gasteiger charge is 2.54. The van der Waals surface area contributed by atoms with Gasteiger partial charge in [-0.15, -0.1) is 0 Å². The van der Waals surface area contributed by atoms with Gasteiger partial charge in [0.1, 0.15) is 54.9 Å². The van der Waals surface area contributed by atoms with Gasteiger partial charge >= 0.3 is 37.7 Å². The molecule has 28 nitrogen and oxygen atoms in total. The summed E-state index contributed by atoms with van der Waals surface area (Å²) in [6.45, 7) is 10.7. The fourth-order valence-corrected chi connectivity index (χ4v) is 15.4. The van der Waals surface area contributed by atoms with Gasteiger partial charge in [-0.3, -0.25) is 33.3 Å². The molecule has 2 aliphatic rings. The first-order valence-corrected chi connectivity index (χ1v) is 47.1. The van der Waals surface area contributed by atoms with Crippen LogP contribution in [-0.4, -0.2) is 177 Å². The molecule has 2 aliphatic heterocycles. The third-order valence-electron chi connectivity index (χ3n) is 21.7. The van der Waals surface area contributed by atoms with Gasteiger partial charge in [-0.2, -0.15) is 0 Å². The second-order valence-corrected chi connectivity index (χ2v) is 33.6. The third-order valence-corrected chi connectivity index (χ3v) is 22.3. The highest BCUT2D eigenvalue weighted by molar-refractivity contribution is 7.46. The van der Waals surface area contributed by atoms with Crippen molar-refractivity contribution in [2.75, 3.05) is 13.2 Å². The standard InChI is InChI=1S/C87H159N2O25P.H3N/c1-7-13-19-25-31-34-40-43-49-55-66(108-73(92)58-52-46-37-28-22-16-10-4)61-71(90)88-69(84(99)100)64-106-86-77(89-72(91)62-67(56-50-44-41-35-32-26-20-14-8-2)109-74(93)59-53-47-38-29-23-17-11-5)82(81(114-115(103,104)105)70(111-86)65-107-87-80(98)78(96)79(97)83(113-87)85(101)102)112-76(95)63-68(57-51-45-42-36-33-27-21-15-9-3)110-75(94)60-54-48-39-30-24-18-12-6;/h66-70,77-83,86-87,96-98H,7-65H2,1-6H3,(H,88,90)(H,89,91)(H,99,100)(H,101,102)(H2,103,104,105);1H3/t66-,67-,68-,69+,70-,77-,78+,79+,80-,81-,82-,83+,86-,87?;/m1./s1. The van der Waals surface area contributed by atoms with Crippen LogP contribution >= 0.6 is 7.82 Å². The number of aliphatic hydroxyl groups excluding tert-OH is 3. The number of nitrogens with one attached hydrogen (secondary N) is 2. The molecule has 29 heteroatoms. The van der Waals surface area contributed by atoms with Crippen molar-refractivity contribution in [1.29, 1.82) is 0 Å². The fraction of sp³-hybridized carbons (Fsp3) is 0.908. The Hall–Kier alpha value is -4.45. The number of phosphoric ester groups is 1. The number of aliphatic hydroxyl groups is 3. The summed E-state index contributed by atoms with van der Waals surface area (Å²) >= 11 is 0. The number of amides is 2. The zero-order valence-corrected chi connectivity index (χ0v) is 73.6. The quantitative estimate of drug-likeness (QED) is 0.0118. The van der Waals surface area contributed by atoms with E-state index in [1.807, 2.05) is 0 Å². The molecule has 14 atom stereocenters. The average molecular weight is 1680 g/mol. The third kappa shape index (κ3) is 54.0. The second kappa shape index (κ2) is 70.1. The number of phosphoric acid groups is 1. The van der Waals surface area contributed by atoms with Gasteiger partial charge in [0.15, 0.2) is 24.8 Å². The Morgan fingerprint density at radius 2 is 0.741 bits per heavy atom. The van der Waals surface area contributed by atoms with Crippen LogP contribution < -0.4 is 21.9 Å². The molecule has 0 aromatic carbocycles. The molecule has 2 saturated heterocycles. The maximum Gasteiger partial charge on any atom is 0.470 e. The summed E-state index contributed by atoms with van der Waals surface area (Å²) in [5.41, 5.74) is 0. The van der Waals surface area contributed by atoms with Crippen LogP contribution in [0.25, 0.3) is 0 Å². The summed E-state index contributed by atoms with van der Waals surface area (Å²) in [5, 5.41) is 61.1. The summed E-state index contributed by atoms with van der Waals surface area (Å²) < 4.78 is 67.2. The largest absolute Gasteiger partial charge is 0.548 e. The molecule has 116 heavy (non-hydrogen) atoms. The van der Waals surface area contributed by atoms with Crippen molar-refractivity contribution in [2.45, 2.75) is 493 Å². The summed E-state index contributed by atoms with van der Waals surface area (Å²) in [6.07, 6.45) is 22.3. The van der Waals surface area contributed by atoms with Gasteiger partial charge in [0, 0.05) is 19.3 Å². The number of carboxylic acid groups (broad SMARTS) is 2. The van der Waals surface area contributed by atoms with Gasteiger partial charge in [-0.25, -0.2) is 9.36 Å². The number of carboxylic acids is 2. The van der Waals surface area contributed by atoms with Crippen LogP contribution in [0.15, 0.2) is 0 Å². The number of ether oxygens (including phenoxy) is 8. The molecule has 2 rings (SSSR count). The molecular formula is C87H162N3O25P. The van der Waals surface area contributed by atoms with Crippen molar-refractivity contribution in [3.8, 4) is 0 Å². The number of carbonyl (C=O) groups is 8. The van der Waals surface area contributed by atoms with Gasteiger partial charge in [-0.05, 0) is 57.8 Å². The topological polar surface area (TPSA) is 442 Å². The minimum atomic E-state index is -5.84. The van der Waals surface area contributed by atoms with E-state index in [0.29, 0.717) is 38.5 Å². The zero-order chi connectivity index (χ0) is 84.7. The molecule has 0 bridgehead atoms. The minimum Gasteiger partial charge on any atom is -0.548 e. The van der Waals surface area contributed by atoms with Gasteiger partial charge < -0.3 is 94.8 Å². The Bertz CT molecular complexity index is 2590. The molecule has 0 aromatic rings. The number of unbranched alkanes of at least 4 members (excludes halogenated alkanes) is 42. The van der Waals surface area contributed by atoms with E-state index in [9.17, 15) is 68.7 Å². The summed E-state index contributed by atoms with van der Waals surface area (Å²) in [5.74, 6) is -8.29. The summed E-state index contributed by atoms with van der Waals surface area (Å²) in [4.78, 5) is 133. The van der Waals surface area contributed by atoms with Gasteiger partial charge in [0.25, 0.3) is 0 Å². The molecule has 0 radical (unpaired) electrons. The van der Waals surface area contributed by atoms with Gasteiger partial charge in [0.2, 0.25) is 11.8 Å². The number of aliphatic carboxylic acids is 2. The van der Waals surface area contributed by atoms with Crippen LogP contribution in [0.1, 0.15) is 408 Å². The number of hydrogen-bond acceptors (Lipinski definition) is 22. The molecule has 0 aliphatic carbocycles. The molecule has 0 spiro atoms. The Balaban J connectivity index is 0.0000673. The van der Waals surface area contributed by atoms with E-state index in [-0.39, 0.29) is 44.7 Å². The predicted octanol–water partition coefficient (Wildman–Crippen LogP) is 16.2. The maximum atomic E-state index is 15.1. The van der Waals surface area contributed by atoms with E-state index in [0.717, 1.165) is 263 Å². The van der Waals surface area contributed by atoms with Crippen molar-refractivity contribution in [2.24, 2.45) is 0 Å². The van der Waals surface area contributed by atoms with Crippen LogP contribution in [0, 0.1) is 0 Å². The van der Waals surface area contributed by atoms with Crippen LogP contribution in [-0.2, 0) is 85.3 Å². The molecular weight excluding hydrogens is 1520 g/mol. The number of hydrogen-bond donors (Lipinski definition) is 9. The van der Waals surface area contributed by atoms with Crippen molar-refractivity contribution < 1.29 is 121 Å². The van der Waals surface area contributed by atoms with E-state index in [1.165, 1.54) is 6.42 Å². The van der Waals surface area contributed by atoms with Crippen LogP contribution in [0.4, 0.5) is 0 Å². The Labute approximate surface area is 696 Å². The molecule has 2 fully saturated rings. The molecule has 680 valence electrons. The fourth-order valence-electron chi connectivity index (χ4n) is 14.9. The lowest BCUT2D eigenvalue weighted by Gasteiger charge is -2.46. The van der Waals surface area contributed by atoms with Crippen molar-refractivity contribution in [3.63, 3.8) is 0 Å². The van der Waals surface area contributed by atoms with Crippen molar-refractivity contribution >= 4 is 55.5 Å². The molecule has 2 heterocycles. The number of esters is 4. The Morgan fingerprint density at radius 1 is 0.405 bits per heavy atom. The van der Waals surface area contributed by atoms with E-state index in [2.05, 4.69) is 52.2 Å². The van der Waals surface area contributed by atoms with Crippen LogP contribution in [0.3, 0.4) is 0 Å². The monoisotopic (exact) mass is 1680 g/mol. The number of quaternary nitrogens is 1. The Morgan fingerprint density at radius 3 is 1.09 bits per heavy atom. The molecule has 0 aromatic heterocycles. The smallest absolute Gasteiger partial charge is 0.470 e. The lowest BCUT2D eigenvalue weighted by atomic mass is 9.95. The van der Waals surface area contributed by atoms with E-state index >= 15 is 9.59 Å². The Kier molecular flexibility index (Phi) is 66.2. The van der Waals surface area contributed by atoms with Gasteiger partial charge in [0.05, 0.1) is 44.5 Å². The second-order valence-electron chi connectivity index (χ2n) is 32.4. The SMILES string of the molecule is CCCCCCCCCCC[C@H](CC(=O)N[C@H]1[C@H](OC[C@H](NC(=O)C[C@@H](CCCCCCCCCCC)OC(=O)CCCCCCCCC)C(=O)[O-])O[C@H](COC2O[C@H](C(=O)O)[C@@H](O)[C@H](O)[C@H]2O)[C@@H](OP(=O)(O)O)[C@@H]1OC(=O)C[C@@H](CCCCCCCCCCC)OC(=O)CCCCCCCCC)OC(=O)CCCCCCCCC.[NH4+]. The maximum absolute atomic E-state index is 15.1. The summed E-state index contributed by atoms with van der Waals surface area (Å²) in [7, 11) is -5.84. The average Bonchev–Trinajstić information content (AvgIpc) is 0.768. The number of carbonyl (C=O) groups excluding carboxylic acids is 7. The number of rotatable bonds is 76. The molecule has 0 saturated carbocycles.